The number of hydrogen-bond acceptors (Lipinski definition) is 6. The molecule has 3 aromatic rings. The van der Waals surface area contributed by atoms with Gasteiger partial charge in [0.1, 0.15) is 11.6 Å². The summed E-state index contributed by atoms with van der Waals surface area (Å²) >= 11 is 0. The fourth-order valence-electron chi connectivity index (χ4n) is 2.56. The van der Waals surface area contributed by atoms with E-state index < -0.39 is 0 Å². The van der Waals surface area contributed by atoms with Gasteiger partial charge in [-0.1, -0.05) is 12.1 Å². The van der Waals surface area contributed by atoms with Crippen molar-refractivity contribution in [2.24, 2.45) is 0 Å². The summed E-state index contributed by atoms with van der Waals surface area (Å²) in [4.78, 5) is 8.87. The lowest BCUT2D eigenvalue weighted by Gasteiger charge is -2.12. The Labute approximate surface area is 157 Å². The monoisotopic (exact) mass is 368 g/mol. The molecule has 27 heavy (non-hydrogen) atoms. The summed E-state index contributed by atoms with van der Waals surface area (Å²) in [6.45, 7) is 2.39. The molecular weight excluding hydrogens is 347 g/mol. The molecule has 0 aliphatic heterocycles. The highest BCUT2D eigenvalue weighted by molar-refractivity contribution is 5.62. The van der Waals surface area contributed by atoms with Gasteiger partial charge in [-0.25, -0.2) is 9.37 Å². The molecular formula is C20H21FN4O2. The van der Waals surface area contributed by atoms with Gasteiger partial charge in [0.2, 0.25) is 5.95 Å². The first-order chi connectivity index (χ1) is 13.1. The van der Waals surface area contributed by atoms with E-state index >= 15 is 0 Å². The quantitative estimate of drug-likeness (QED) is 0.648. The van der Waals surface area contributed by atoms with Crippen LogP contribution in [-0.4, -0.2) is 24.2 Å². The largest absolute Gasteiger partial charge is 0.493 e. The highest BCUT2D eigenvalue weighted by Gasteiger charge is 2.07. The van der Waals surface area contributed by atoms with Crippen LogP contribution in [0.1, 0.15) is 11.3 Å². The maximum Gasteiger partial charge on any atom is 0.225 e. The van der Waals surface area contributed by atoms with Crippen LogP contribution >= 0.6 is 0 Å². The van der Waals surface area contributed by atoms with Crippen molar-refractivity contribution in [3.05, 3.63) is 65.6 Å². The molecule has 0 saturated carbocycles. The second-order valence-electron chi connectivity index (χ2n) is 5.89. The SMILES string of the molecule is COc1ccc(Nc2cc(C)nc(NCc3ccc(F)cc3)n2)cc1OC. The number of hydrogen-bond donors (Lipinski definition) is 2. The van der Waals surface area contributed by atoms with Crippen LogP contribution in [0, 0.1) is 12.7 Å². The van der Waals surface area contributed by atoms with E-state index in [9.17, 15) is 4.39 Å². The van der Waals surface area contributed by atoms with Crippen LogP contribution in [0.4, 0.5) is 21.8 Å². The highest BCUT2D eigenvalue weighted by atomic mass is 19.1. The molecule has 0 saturated heterocycles. The zero-order valence-electron chi connectivity index (χ0n) is 15.4. The minimum absolute atomic E-state index is 0.257. The van der Waals surface area contributed by atoms with Gasteiger partial charge < -0.3 is 20.1 Å². The van der Waals surface area contributed by atoms with Crippen LogP contribution in [-0.2, 0) is 6.54 Å². The first-order valence-electron chi connectivity index (χ1n) is 8.40. The molecule has 2 aromatic carbocycles. The zero-order chi connectivity index (χ0) is 19.2. The van der Waals surface area contributed by atoms with Gasteiger partial charge >= 0.3 is 0 Å². The predicted octanol–water partition coefficient (Wildman–Crippen LogP) is 4.30. The van der Waals surface area contributed by atoms with E-state index in [1.807, 2.05) is 31.2 Å². The predicted molar refractivity (Wildman–Crippen MR) is 103 cm³/mol. The lowest BCUT2D eigenvalue weighted by molar-refractivity contribution is 0.355. The average Bonchev–Trinajstić information content (AvgIpc) is 2.67. The Balaban J connectivity index is 1.74. The number of benzene rings is 2. The molecule has 0 aliphatic rings. The van der Waals surface area contributed by atoms with Crippen molar-refractivity contribution in [3.63, 3.8) is 0 Å². The summed E-state index contributed by atoms with van der Waals surface area (Å²) in [6.07, 6.45) is 0. The van der Waals surface area contributed by atoms with Gasteiger partial charge in [-0.15, -0.1) is 0 Å². The molecule has 0 radical (unpaired) electrons. The second-order valence-corrected chi connectivity index (χ2v) is 5.89. The molecule has 6 nitrogen and oxygen atoms in total. The summed E-state index contributed by atoms with van der Waals surface area (Å²) in [5.74, 6) is 2.16. The molecule has 0 amide bonds. The highest BCUT2D eigenvalue weighted by Crippen LogP contribution is 2.31. The number of nitrogens with zero attached hydrogens (tertiary/aromatic N) is 2. The summed E-state index contributed by atoms with van der Waals surface area (Å²) < 4.78 is 23.6. The van der Waals surface area contributed by atoms with Crippen molar-refractivity contribution < 1.29 is 13.9 Å². The Morgan fingerprint density at radius 3 is 2.37 bits per heavy atom. The molecule has 0 unspecified atom stereocenters. The van der Waals surface area contributed by atoms with E-state index in [1.54, 1.807) is 26.4 Å². The third-order valence-electron chi connectivity index (χ3n) is 3.87. The van der Waals surface area contributed by atoms with Crippen molar-refractivity contribution in [2.45, 2.75) is 13.5 Å². The van der Waals surface area contributed by atoms with Gasteiger partial charge in [-0.2, -0.15) is 4.98 Å². The fourth-order valence-corrected chi connectivity index (χ4v) is 2.56. The Morgan fingerprint density at radius 2 is 1.67 bits per heavy atom. The van der Waals surface area contributed by atoms with Crippen LogP contribution in [0.5, 0.6) is 11.5 Å². The van der Waals surface area contributed by atoms with Crippen molar-refractivity contribution in [2.75, 3.05) is 24.9 Å². The number of anilines is 3. The van der Waals surface area contributed by atoms with Crippen LogP contribution in [0.25, 0.3) is 0 Å². The molecule has 7 heteroatoms. The number of rotatable bonds is 7. The van der Waals surface area contributed by atoms with E-state index in [1.165, 1.54) is 12.1 Å². The minimum atomic E-state index is -0.257. The summed E-state index contributed by atoms with van der Waals surface area (Å²) in [5, 5.41) is 6.40. The van der Waals surface area contributed by atoms with Gasteiger partial charge in [0, 0.05) is 30.1 Å². The third kappa shape index (κ3) is 4.84. The lowest BCUT2D eigenvalue weighted by atomic mass is 10.2. The molecule has 2 N–H and O–H groups in total. The molecule has 1 aromatic heterocycles. The van der Waals surface area contributed by atoms with E-state index in [4.69, 9.17) is 9.47 Å². The molecule has 0 aliphatic carbocycles. The van der Waals surface area contributed by atoms with E-state index in [0.29, 0.717) is 29.8 Å². The average molecular weight is 368 g/mol. The van der Waals surface area contributed by atoms with Crippen molar-refractivity contribution in [3.8, 4) is 11.5 Å². The van der Waals surface area contributed by atoms with Crippen molar-refractivity contribution >= 4 is 17.5 Å². The standard InChI is InChI=1S/C20H21FN4O2/c1-13-10-19(24-16-8-9-17(26-2)18(11-16)27-3)25-20(23-13)22-12-14-4-6-15(21)7-5-14/h4-11H,12H2,1-3H3,(H2,22,23,24,25). The smallest absolute Gasteiger partial charge is 0.225 e. The number of aryl methyl sites for hydroxylation is 1. The summed E-state index contributed by atoms with van der Waals surface area (Å²) in [6, 6.07) is 13.7. The molecule has 0 atom stereocenters. The molecule has 0 bridgehead atoms. The van der Waals surface area contributed by atoms with Crippen molar-refractivity contribution in [1.82, 2.24) is 9.97 Å². The van der Waals surface area contributed by atoms with Crippen LogP contribution in [0.2, 0.25) is 0 Å². The molecule has 3 rings (SSSR count). The van der Waals surface area contributed by atoms with Gasteiger partial charge in [0.05, 0.1) is 14.2 Å². The topological polar surface area (TPSA) is 68.3 Å². The summed E-state index contributed by atoms with van der Waals surface area (Å²) in [7, 11) is 3.19. The van der Waals surface area contributed by atoms with Crippen LogP contribution in [0.15, 0.2) is 48.5 Å². The third-order valence-corrected chi connectivity index (χ3v) is 3.87. The first kappa shape index (κ1) is 18.4. The number of nitrogens with one attached hydrogen (secondary N) is 2. The van der Waals surface area contributed by atoms with Gasteiger partial charge in [-0.3, -0.25) is 0 Å². The first-order valence-corrected chi connectivity index (χ1v) is 8.40. The number of methoxy groups -OCH3 is 2. The minimum Gasteiger partial charge on any atom is -0.493 e. The Bertz CT molecular complexity index is 916. The van der Waals surface area contributed by atoms with Gasteiger partial charge in [-0.05, 0) is 36.8 Å². The Morgan fingerprint density at radius 1 is 0.926 bits per heavy atom. The van der Waals surface area contributed by atoms with Crippen LogP contribution in [0.3, 0.4) is 0 Å². The molecule has 1 heterocycles. The van der Waals surface area contributed by atoms with Gasteiger partial charge in [0.15, 0.2) is 11.5 Å². The zero-order valence-corrected chi connectivity index (χ0v) is 15.4. The number of aromatic nitrogens is 2. The molecule has 0 spiro atoms. The van der Waals surface area contributed by atoms with E-state index in [-0.39, 0.29) is 5.82 Å². The van der Waals surface area contributed by atoms with Crippen LogP contribution < -0.4 is 20.1 Å². The Kier molecular flexibility index (Phi) is 5.71. The molecule has 0 fully saturated rings. The van der Waals surface area contributed by atoms with Crippen molar-refractivity contribution in [1.29, 1.82) is 0 Å². The van der Waals surface area contributed by atoms with E-state index in [0.717, 1.165) is 16.9 Å². The second kappa shape index (κ2) is 8.35. The Hall–Kier alpha value is -3.35. The summed E-state index contributed by atoms with van der Waals surface area (Å²) in [5.41, 5.74) is 2.57. The fraction of sp³-hybridized carbons (Fsp3) is 0.200. The van der Waals surface area contributed by atoms with Gasteiger partial charge in [0.25, 0.3) is 0 Å². The number of ether oxygens (including phenoxy) is 2. The number of halogens is 1. The molecule has 140 valence electrons. The maximum atomic E-state index is 13.0. The van der Waals surface area contributed by atoms with E-state index in [2.05, 4.69) is 20.6 Å². The lowest BCUT2D eigenvalue weighted by Crippen LogP contribution is -2.06. The maximum absolute atomic E-state index is 13.0. The normalized spacial score (nSPS) is 10.4.